The number of aromatic nitrogens is 1. The summed E-state index contributed by atoms with van der Waals surface area (Å²) in [6, 6.07) is 3.95. The van der Waals surface area contributed by atoms with Gasteiger partial charge in [0.25, 0.3) is 5.91 Å². The summed E-state index contributed by atoms with van der Waals surface area (Å²) >= 11 is 2.99. The van der Waals surface area contributed by atoms with Gasteiger partial charge in [-0.15, -0.1) is 22.7 Å². The molecule has 2 heterocycles. The summed E-state index contributed by atoms with van der Waals surface area (Å²) in [7, 11) is 0. The molecule has 0 fully saturated rings. The minimum absolute atomic E-state index is 0.0782. The Hall–Kier alpha value is -1.73. The van der Waals surface area contributed by atoms with Crippen molar-refractivity contribution in [3.8, 4) is 9.88 Å². The van der Waals surface area contributed by atoms with E-state index in [4.69, 9.17) is 0 Å². The molecular formula is C15H19N3O2S2. The molecule has 2 aromatic rings. The summed E-state index contributed by atoms with van der Waals surface area (Å²) in [6.45, 7) is 6.69. The average molecular weight is 337 g/mol. The Balaban J connectivity index is 2.19. The van der Waals surface area contributed by atoms with Crippen LogP contribution in [0.2, 0.25) is 0 Å². The minimum atomic E-state index is -0.140. The Bertz CT molecular complexity index is 650. The predicted molar refractivity (Wildman–Crippen MR) is 90.4 cm³/mol. The van der Waals surface area contributed by atoms with E-state index >= 15 is 0 Å². The van der Waals surface area contributed by atoms with Gasteiger partial charge in [-0.1, -0.05) is 6.07 Å². The Kier molecular flexibility index (Phi) is 5.68. The van der Waals surface area contributed by atoms with Gasteiger partial charge in [0.1, 0.15) is 9.88 Å². The molecule has 0 radical (unpaired) electrons. The molecule has 22 heavy (non-hydrogen) atoms. The van der Waals surface area contributed by atoms with E-state index in [-0.39, 0.29) is 18.4 Å². The number of hydrogen-bond acceptors (Lipinski definition) is 5. The predicted octanol–water partition coefficient (Wildman–Crippen LogP) is 2.78. The molecule has 0 spiro atoms. The lowest BCUT2D eigenvalue weighted by Crippen LogP contribution is -2.40. The number of carbonyl (C=O) groups excluding carboxylic acids is 2. The van der Waals surface area contributed by atoms with Crippen molar-refractivity contribution < 1.29 is 9.59 Å². The van der Waals surface area contributed by atoms with Crippen molar-refractivity contribution in [1.29, 1.82) is 0 Å². The molecular weight excluding hydrogens is 318 g/mol. The maximum atomic E-state index is 12.6. The second-order valence-corrected chi connectivity index (χ2v) is 6.63. The van der Waals surface area contributed by atoms with Crippen LogP contribution in [0, 0.1) is 6.92 Å². The molecule has 7 heteroatoms. The van der Waals surface area contributed by atoms with Gasteiger partial charge in [0.15, 0.2) is 0 Å². The van der Waals surface area contributed by atoms with Crippen LogP contribution >= 0.6 is 22.7 Å². The fourth-order valence-electron chi connectivity index (χ4n) is 2.00. The van der Waals surface area contributed by atoms with Crippen LogP contribution in [0.1, 0.15) is 29.2 Å². The van der Waals surface area contributed by atoms with E-state index < -0.39 is 0 Å². The molecule has 0 unspecified atom stereocenters. The van der Waals surface area contributed by atoms with Crippen LogP contribution in [0.5, 0.6) is 0 Å². The van der Waals surface area contributed by atoms with Crippen LogP contribution < -0.4 is 5.32 Å². The van der Waals surface area contributed by atoms with E-state index in [9.17, 15) is 9.59 Å². The highest BCUT2D eigenvalue weighted by molar-refractivity contribution is 7.22. The normalized spacial score (nSPS) is 10.5. The van der Waals surface area contributed by atoms with E-state index in [0.717, 1.165) is 9.88 Å². The first-order valence-corrected chi connectivity index (χ1v) is 8.83. The molecule has 0 bridgehead atoms. The van der Waals surface area contributed by atoms with Crippen molar-refractivity contribution in [3.05, 3.63) is 28.1 Å². The fourth-order valence-corrected chi connectivity index (χ4v) is 3.83. The smallest absolute Gasteiger partial charge is 0.266 e. The lowest BCUT2D eigenvalue weighted by Gasteiger charge is -2.19. The van der Waals surface area contributed by atoms with Gasteiger partial charge in [-0.25, -0.2) is 4.98 Å². The molecule has 0 saturated carbocycles. The molecule has 0 atom stereocenters. The number of likely N-dealkylation sites (N-methyl/N-ethyl adjacent to an activating group) is 2. The number of aryl methyl sites for hydroxylation is 1. The third-order valence-corrected chi connectivity index (χ3v) is 5.28. The van der Waals surface area contributed by atoms with Crippen molar-refractivity contribution >= 4 is 34.5 Å². The van der Waals surface area contributed by atoms with Crippen molar-refractivity contribution in [2.45, 2.75) is 20.8 Å². The summed E-state index contributed by atoms with van der Waals surface area (Å²) in [4.78, 5) is 32.0. The van der Waals surface area contributed by atoms with E-state index in [0.29, 0.717) is 23.7 Å². The molecule has 2 aromatic heterocycles. The third kappa shape index (κ3) is 3.72. The number of rotatable bonds is 6. The molecule has 1 N–H and O–H groups in total. The number of nitrogens with zero attached hydrogens (tertiary/aromatic N) is 2. The van der Waals surface area contributed by atoms with Crippen LogP contribution in [0.4, 0.5) is 0 Å². The number of thiazole rings is 1. The minimum Gasteiger partial charge on any atom is -0.355 e. The van der Waals surface area contributed by atoms with Gasteiger partial charge in [0.2, 0.25) is 5.91 Å². The first kappa shape index (κ1) is 16.6. The second kappa shape index (κ2) is 7.51. The van der Waals surface area contributed by atoms with Crippen LogP contribution in [-0.4, -0.2) is 41.3 Å². The summed E-state index contributed by atoms with van der Waals surface area (Å²) in [5, 5.41) is 5.55. The van der Waals surface area contributed by atoms with E-state index in [1.807, 2.05) is 38.3 Å². The first-order valence-electron chi connectivity index (χ1n) is 7.14. The van der Waals surface area contributed by atoms with Gasteiger partial charge < -0.3 is 10.2 Å². The summed E-state index contributed by atoms with van der Waals surface area (Å²) in [5.41, 5.74) is 0.716. The van der Waals surface area contributed by atoms with Gasteiger partial charge in [0, 0.05) is 13.1 Å². The van der Waals surface area contributed by atoms with Gasteiger partial charge in [-0.2, -0.15) is 0 Å². The molecule has 0 aliphatic carbocycles. The Morgan fingerprint density at radius 2 is 2.14 bits per heavy atom. The largest absolute Gasteiger partial charge is 0.355 e. The summed E-state index contributed by atoms with van der Waals surface area (Å²) in [5.74, 6) is -0.273. The van der Waals surface area contributed by atoms with Crippen LogP contribution in [0.3, 0.4) is 0 Å². The van der Waals surface area contributed by atoms with E-state index in [2.05, 4.69) is 10.3 Å². The van der Waals surface area contributed by atoms with Gasteiger partial charge >= 0.3 is 0 Å². The molecule has 118 valence electrons. The topological polar surface area (TPSA) is 62.3 Å². The monoisotopic (exact) mass is 337 g/mol. The van der Waals surface area contributed by atoms with Gasteiger partial charge in [-0.05, 0) is 32.2 Å². The van der Waals surface area contributed by atoms with Crippen molar-refractivity contribution in [2.75, 3.05) is 19.6 Å². The van der Waals surface area contributed by atoms with E-state index in [1.54, 1.807) is 16.2 Å². The highest BCUT2D eigenvalue weighted by Crippen LogP contribution is 2.31. The second-order valence-electron chi connectivity index (χ2n) is 4.68. The highest BCUT2D eigenvalue weighted by atomic mass is 32.1. The number of hydrogen-bond donors (Lipinski definition) is 1. The molecule has 0 aromatic carbocycles. The number of nitrogens with one attached hydrogen (secondary N) is 1. The standard InChI is InChI=1S/C15H19N3O2S2/c1-4-16-12(19)9-18(5-2)15(20)13-10(3)17-14(22-13)11-7-6-8-21-11/h6-8H,4-5,9H2,1-3H3,(H,16,19). The van der Waals surface area contributed by atoms with Gasteiger partial charge in [0.05, 0.1) is 17.1 Å². The summed E-state index contributed by atoms with van der Waals surface area (Å²) < 4.78 is 0. The van der Waals surface area contributed by atoms with Crippen molar-refractivity contribution in [1.82, 2.24) is 15.2 Å². The Labute approximate surface area is 138 Å². The first-order chi connectivity index (χ1) is 10.6. The fraction of sp³-hybridized carbons (Fsp3) is 0.400. The Morgan fingerprint density at radius 3 is 2.73 bits per heavy atom. The number of amides is 2. The molecule has 2 rings (SSSR count). The Morgan fingerprint density at radius 1 is 1.36 bits per heavy atom. The van der Waals surface area contributed by atoms with Crippen LogP contribution in [-0.2, 0) is 4.79 Å². The third-order valence-electron chi connectivity index (χ3n) is 3.10. The zero-order chi connectivity index (χ0) is 16.1. The highest BCUT2D eigenvalue weighted by Gasteiger charge is 2.22. The van der Waals surface area contributed by atoms with Crippen LogP contribution in [0.25, 0.3) is 9.88 Å². The van der Waals surface area contributed by atoms with Crippen LogP contribution in [0.15, 0.2) is 17.5 Å². The maximum absolute atomic E-state index is 12.6. The van der Waals surface area contributed by atoms with E-state index in [1.165, 1.54) is 11.3 Å². The zero-order valence-electron chi connectivity index (χ0n) is 12.9. The van der Waals surface area contributed by atoms with Crippen molar-refractivity contribution in [2.24, 2.45) is 0 Å². The quantitative estimate of drug-likeness (QED) is 0.881. The van der Waals surface area contributed by atoms with Gasteiger partial charge in [-0.3, -0.25) is 9.59 Å². The lowest BCUT2D eigenvalue weighted by atomic mass is 10.3. The molecule has 5 nitrogen and oxygen atoms in total. The lowest BCUT2D eigenvalue weighted by molar-refractivity contribution is -0.121. The molecule has 0 aliphatic rings. The van der Waals surface area contributed by atoms with Crippen molar-refractivity contribution in [3.63, 3.8) is 0 Å². The number of thiophene rings is 1. The average Bonchev–Trinajstić information content (AvgIpc) is 3.13. The maximum Gasteiger partial charge on any atom is 0.266 e. The molecule has 0 aliphatic heterocycles. The SMILES string of the molecule is CCNC(=O)CN(CC)C(=O)c1sc(-c2cccs2)nc1C. The zero-order valence-corrected chi connectivity index (χ0v) is 14.5. The number of carbonyl (C=O) groups is 2. The summed E-state index contributed by atoms with van der Waals surface area (Å²) in [6.07, 6.45) is 0. The molecule has 0 saturated heterocycles. The molecule has 2 amide bonds.